The van der Waals surface area contributed by atoms with Crippen LogP contribution in [0.15, 0.2) is 30.9 Å². The van der Waals surface area contributed by atoms with Crippen LogP contribution in [0.25, 0.3) is 0 Å². The Morgan fingerprint density at radius 1 is 1.57 bits per heavy atom. The van der Waals surface area contributed by atoms with E-state index in [0.29, 0.717) is 17.9 Å². The molecule has 0 fully saturated rings. The lowest BCUT2D eigenvalue weighted by molar-refractivity contribution is 0.0983. The number of halogens is 2. The summed E-state index contributed by atoms with van der Waals surface area (Å²) >= 11 is 5.76. The number of hydrogen-bond donors (Lipinski definition) is 0. The summed E-state index contributed by atoms with van der Waals surface area (Å²) in [5.74, 6) is -0.606. The molecule has 1 aromatic carbocycles. The molecule has 0 saturated carbocycles. The van der Waals surface area contributed by atoms with Crippen LogP contribution >= 0.6 is 11.6 Å². The molecule has 0 aliphatic carbocycles. The molecule has 0 bridgehead atoms. The molecule has 1 rings (SSSR count). The quantitative estimate of drug-likeness (QED) is 0.550. The van der Waals surface area contributed by atoms with Crippen molar-refractivity contribution >= 4 is 17.4 Å². The molecule has 0 aromatic heterocycles. The molecular formula is C11H10ClFO. The minimum atomic E-state index is -0.448. The van der Waals surface area contributed by atoms with Gasteiger partial charge in [-0.2, -0.15) is 0 Å². The van der Waals surface area contributed by atoms with E-state index < -0.39 is 5.82 Å². The van der Waals surface area contributed by atoms with Crippen LogP contribution in [0.2, 0.25) is 5.02 Å². The normalized spacial score (nSPS) is 9.86. The van der Waals surface area contributed by atoms with Gasteiger partial charge in [0.25, 0.3) is 0 Å². The Hall–Kier alpha value is -1.15. The highest BCUT2D eigenvalue weighted by Gasteiger charge is 2.10. The van der Waals surface area contributed by atoms with Crippen LogP contribution in [0.5, 0.6) is 0 Å². The van der Waals surface area contributed by atoms with Crippen LogP contribution in [-0.4, -0.2) is 5.78 Å². The van der Waals surface area contributed by atoms with Crippen molar-refractivity contribution in [3.63, 3.8) is 0 Å². The summed E-state index contributed by atoms with van der Waals surface area (Å²) in [5.41, 5.74) is 0.244. The molecule has 0 heterocycles. The minimum Gasteiger partial charge on any atom is -0.294 e. The highest BCUT2D eigenvalue weighted by atomic mass is 35.5. The summed E-state index contributed by atoms with van der Waals surface area (Å²) in [5, 5.41) is 0.292. The van der Waals surface area contributed by atoms with Gasteiger partial charge in [-0.3, -0.25) is 4.79 Å². The Bertz CT molecular complexity index is 360. The molecule has 0 radical (unpaired) electrons. The molecule has 14 heavy (non-hydrogen) atoms. The van der Waals surface area contributed by atoms with Crippen LogP contribution in [-0.2, 0) is 0 Å². The van der Waals surface area contributed by atoms with Gasteiger partial charge in [-0.1, -0.05) is 17.7 Å². The second-order valence-electron chi connectivity index (χ2n) is 2.87. The zero-order chi connectivity index (χ0) is 10.6. The van der Waals surface area contributed by atoms with E-state index in [1.165, 1.54) is 12.1 Å². The summed E-state index contributed by atoms with van der Waals surface area (Å²) in [6.45, 7) is 3.51. The topological polar surface area (TPSA) is 17.1 Å². The third-order valence-electron chi connectivity index (χ3n) is 1.80. The van der Waals surface area contributed by atoms with Crippen LogP contribution in [0.1, 0.15) is 23.2 Å². The zero-order valence-corrected chi connectivity index (χ0v) is 8.35. The number of allylic oxidation sites excluding steroid dienone is 1. The standard InChI is InChI=1S/C11H10ClFO/c1-2-3-4-11(14)9-7-8(13)5-6-10(9)12/h2,5-7H,1,3-4H2. The molecule has 0 amide bonds. The average molecular weight is 213 g/mol. The fourth-order valence-corrected chi connectivity index (χ4v) is 1.30. The predicted octanol–water partition coefficient (Wildman–Crippen LogP) is 3.63. The first-order valence-corrected chi connectivity index (χ1v) is 4.62. The molecule has 0 saturated heterocycles. The number of Topliss-reactive ketones (excluding diaryl/α,β-unsaturated/α-hetero) is 1. The average Bonchev–Trinajstić information content (AvgIpc) is 2.18. The third-order valence-corrected chi connectivity index (χ3v) is 2.13. The van der Waals surface area contributed by atoms with Crippen molar-refractivity contribution < 1.29 is 9.18 Å². The molecule has 0 aliphatic rings. The molecule has 74 valence electrons. The van der Waals surface area contributed by atoms with Gasteiger partial charge in [-0.15, -0.1) is 6.58 Å². The summed E-state index contributed by atoms with van der Waals surface area (Å²) in [4.78, 5) is 11.5. The number of ketones is 1. The van der Waals surface area contributed by atoms with E-state index in [-0.39, 0.29) is 11.3 Å². The number of benzene rings is 1. The zero-order valence-electron chi connectivity index (χ0n) is 7.59. The maximum Gasteiger partial charge on any atom is 0.164 e. The number of carbonyl (C=O) groups excluding carboxylic acids is 1. The summed E-state index contributed by atoms with van der Waals surface area (Å²) < 4.78 is 12.8. The second-order valence-corrected chi connectivity index (χ2v) is 3.28. The van der Waals surface area contributed by atoms with E-state index in [1.54, 1.807) is 6.08 Å². The van der Waals surface area contributed by atoms with Crippen molar-refractivity contribution in [1.29, 1.82) is 0 Å². The van der Waals surface area contributed by atoms with Gasteiger partial charge in [0, 0.05) is 12.0 Å². The number of hydrogen-bond acceptors (Lipinski definition) is 1. The van der Waals surface area contributed by atoms with E-state index in [1.807, 2.05) is 0 Å². The summed E-state index contributed by atoms with van der Waals surface area (Å²) in [7, 11) is 0. The Labute approximate surface area is 87.2 Å². The van der Waals surface area contributed by atoms with Gasteiger partial charge >= 0.3 is 0 Å². The lowest BCUT2D eigenvalue weighted by Crippen LogP contribution is -1.99. The molecule has 0 N–H and O–H groups in total. The molecule has 0 spiro atoms. The number of carbonyl (C=O) groups is 1. The highest BCUT2D eigenvalue weighted by molar-refractivity contribution is 6.33. The maximum absolute atomic E-state index is 12.8. The molecular weight excluding hydrogens is 203 g/mol. The summed E-state index contributed by atoms with van der Waals surface area (Å²) in [6.07, 6.45) is 2.53. The lowest BCUT2D eigenvalue weighted by Gasteiger charge is -2.01. The molecule has 3 heteroatoms. The maximum atomic E-state index is 12.8. The van der Waals surface area contributed by atoms with Crippen molar-refractivity contribution in [2.24, 2.45) is 0 Å². The van der Waals surface area contributed by atoms with Gasteiger partial charge in [0.2, 0.25) is 0 Å². The Morgan fingerprint density at radius 2 is 2.29 bits per heavy atom. The van der Waals surface area contributed by atoms with Crippen LogP contribution in [0.4, 0.5) is 4.39 Å². The van der Waals surface area contributed by atoms with Gasteiger partial charge in [-0.25, -0.2) is 4.39 Å². The predicted molar refractivity (Wildman–Crippen MR) is 55.2 cm³/mol. The monoisotopic (exact) mass is 212 g/mol. The van der Waals surface area contributed by atoms with E-state index >= 15 is 0 Å². The fraction of sp³-hybridized carbons (Fsp3) is 0.182. The van der Waals surface area contributed by atoms with Crippen molar-refractivity contribution in [3.8, 4) is 0 Å². The van der Waals surface area contributed by atoms with E-state index in [9.17, 15) is 9.18 Å². The van der Waals surface area contributed by atoms with E-state index in [0.717, 1.165) is 6.07 Å². The highest BCUT2D eigenvalue weighted by Crippen LogP contribution is 2.19. The Balaban J connectivity index is 2.88. The first-order chi connectivity index (χ1) is 6.65. The third kappa shape index (κ3) is 2.67. The molecule has 1 aromatic rings. The smallest absolute Gasteiger partial charge is 0.164 e. The van der Waals surface area contributed by atoms with Crippen molar-refractivity contribution in [2.75, 3.05) is 0 Å². The van der Waals surface area contributed by atoms with E-state index in [4.69, 9.17) is 11.6 Å². The van der Waals surface area contributed by atoms with Crippen LogP contribution in [0.3, 0.4) is 0 Å². The number of rotatable bonds is 4. The minimum absolute atomic E-state index is 0.158. The van der Waals surface area contributed by atoms with Crippen LogP contribution in [0, 0.1) is 5.82 Å². The van der Waals surface area contributed by atoms with Gasteiger partial charge < -0.3 is 0 Å². The van der Waals surface area contributed by atoms with Crippen molar-refractivity contribution in [1.82, 2.24) is 0 Å². The summed E-state index contributed by atoms with van der Waals surface area (Å²) in [6, 6.07) is 3.78. The molecule has 0 aliphatic heterocycles. The van der Waals surface area contributed by atoms with Gasteiger partial charge in [0.1, 0.15) is 5.82 Å². The second kappa shape index (κ2) is 4.91. The van der Waals surface area contributed by atoms with Gasteiger partial charge in [0.05, 0.1) is 5.02 Å². The molecule has 0 unspecified atom stereocenters. The Morgan fingerprint density at radius 3 is 2.93 bits per heavy atom. The largest absolute Gasteiger partial charge is 0.294 e. The molecule has 1 nitrogen and oxygen atoms in total. The van der Waals surface area contributed by atoms with Crippen molar-refractivity contribution in [2.45, 2.75) is 12.8 Å². The van der Waals surface area contributed by atoms with Gasteiger partial charge in [-0.05, 0) is 24.6 Å². The molecule has 0 atom stereocenters. The SMILES string of the molecule is C=CCCC(=O)c1cc(F)ccc1Cl. The van der Waals surface area contributed by atoms with Gasteiger partial charge in [0.15, 0.2) is 5.78 Å². The van der Waals surface area contributed by atoms with Crippen LogP contribution < -0.4 is 0 Å². The first-order valence-electron chi connectivity index (χ1n) is 4.24. The van der Waals surface area contributed by atoms with Crippen molar-refractivity contribution in [3.05, 3.63) is 47.3 Å². The first kappa shape index (κ1) is 10.9. The lowest BCUT2D eigenvalue weighted by atomic mass is 10.1. The van der Waals surface area contributed by atoms with E-state index in [2.05, 4.69) is 6.58 Å². The fourth-order valence-electron chi connectivity index (χ4n) is 1.08. The Kier molecular flexibility index (Phi) is 3.84.